The molecule has 2 rings (SSSR count). The van der Waals surface area contributed by atoms with Gasteiger partial charge in [0.1, 0.15) is 17.2 Å². The van der Waals surface area contributed by atoms with Crippen LogP contribution in [-0.4, -0.2) is 13.2 Å². The van der Waals surface area contributed by atoms with E-state index in [4.69, 9.17) is 9.47 Å². The van der Waals surface area contributed by atoms with Gasteiger partial charge in [0.25, 0.3) is 0 Å². The summed E-state index contributed by atoms with van der Waals surface area (Å²) in [4.78, 5) is -3.77. The van der Waals surface area contributed by atoms with Gasteiger partial charge in [-0.25, -0.2) is 8.78 Å². The number of hydrogen-bond acceptors (Lipinski definition) is 2. The molecule has 0 bridgehead atoms. The third-order valence-corrected chi connectivity index (χ3v) is 4.20. The molecular weight excluding hydrogens is 380 g/mol. The number of hydrogen-bond donors (Lipinski definition) is 0. The van der Waals surface area contributed by atoms with E-state index in [1.54, 1.807) is 0 Å². The van der Waals surface area contributed by atoms with E-state index in [-0.39, 0.29) is 11.5 Å². The Hall–Kier alpha value is -0.660. The van der Waals surface area contributed by atoms with Crippen molar-refractivity contribution in [2.24, 2.45) is 5.92 Å². The van der Waals surface area contributed by atoms with Crippen LogP contribution in [0.3, 0.4) is 0 Å². The molecule has 1 saturated heterocycles. The van der Waals surface area contributed by atoms with E-state index in [2.05, 4.69) is 6.92 Å². The Balaban J connectivity index is 2.02. The van der Waals surface area contributed by atoms with Crippen molar-refractivity contribution in [2.45, 2.75) is 43.7 Å². The Kier molecular flexibility index (Phi) is 6.45. The lowest BCUT2D eigenvalue weighted by atomic mass is 10.0. The zero-order valence-electron chi connectivity index (χ0n) is 12.8. The van der Waals surface area contributed by atoms with Crippen molar-refractivity contribution in [3.63, 3.8) is 0 Å². The average Bonchev–Trinajstić information content (AvgIpc) is 2.46. The van der Waals surface area contributed by atoms with E-state index in [0.29, 0.717) is 13.2 Å². The fourth-order valence-corrected chi connectivity index (χ4v) is 2.96. The molecule has 0 aliphatic carbocycles. The van der Waals surface area contributed by atoms with Gasteiger partial charge in [-0.15, -0.1) is 0 Å². The van der Waals surface area contributed by atoms with Gasteiger partial charge in [-0.3, -0.25) is 0 Å². The molecule has 23 heavy (non-hydrogen) atoms. The van der Waals surface area contributed by atoms with Crippen molar-refractivity contribution < 1.29 is 27.0 Å². The third-order valence-electron chi connectivity index (χ3n) is 3.80. The minimum atomic E-state index is -3.77. The summed E-state index contributed by atoms with van der Waals surface area (Å²) in [6.45, 7) is 2.97. The fraction of sp³-hybridized carbons (Fsp3) is 0.625. The summed E-state index contributed by atoms with van der Waals surface area (Å²) in [5.41, 5.74) is -1.25. The summed E-state index contributed by atoms with van der Waals surface area (Å²) < 4.78 is 64.8. The molecule has 1 aliphatic rings. The van der Waals surface area contributed by atoms with Crippen molar-refractivity contribution in [1.82, 2.24) is 0 Å². The second kappa shape index (κ2) is 7.94. The van der Waals surface area contributed by atoms with Crippen molar-refractivity contribution in [2.75, 3.05) is 13.2 Å². The first-order chi connectivity index (χ1) is 10.8. The topological polar surface area (TPSA) is 18.5 Å². The van der Waals surface area contributed by atoms with Gasteiger partial charge in [-0.05, 0) is 34.5 Å². The van der Waals surface area contributed by atoms with Crippen LogP contribution < -0.4 is 0 Å². The molecule has 7 heteroatoms. The Morgan fingerprint density at radius 1 is 1.13 bits per heavy atom. The highest BCUT2D eigenvalue weighted by Gasteiger charge is 2.36. The van der Waals surface area contributed by atoms with Gasteiger partial charge in [0.2, 0.25) is 0 Å². The zero-order valence-corrected chi connectivity index (χ0v) is 14.3. The van der Waals surface area contributed by atoms with Crippen LogP contribution in [0.5, 0.6) is 0 Å². The first-order valence-corrected chi connectivity index (χ1v) is 8.41. The monoisotopic (exact) mass is 398 g/mol. The van der Waals surface area contributed by atoms with Crippen molar-refractivity contribution >= 4 is 15.9 Å². The highest BCUT2D eigenvalue weighted by atomic mass is 79.9. The molecule has 2 nitrogen and oxygen atoms in total. The Bertz CT molecular complexity index is 502. The van der Waals surface area contributed by atoms with E-state index < -0.39 is 28.3 Å². The Morgan fingerprint density at radius 3 is 2.17 bits per heavy atom. The number of unbranched alkanes of at least 4 members (excludes halogenated alkanes) is 2. The molecule has 0 spiro atoms. The molecule has 0 amide bonds. The normalized spacial score (nSPS) is 22.3. The quantitative estimate of drug-likeness (QED) is 0.350. The SMILES string of the molecule is CCCCCC1COC(c2cc(F)c(C(F)(F)Br)c(F)c2)OC1. The second-order valence-corrected chi connectivity index (χ2v) is 6.71. The van der Waals surface area contributed by atoms with Gasteiger partial charge >= 0.3 is 4.83 Å². The minimum absolute atomic E-state index is 0.0625. The molecule has 1 aliphatic heterocycles. The largest absolute Gasteiger partial charge is 0.348 e. The Morgan fingerprint density at radius 2 is 1.70 bits per heavy atom. The van der Waals surface area contributed by atoms with Gasteiger partial charge in [-0.1, -0.05) is 26.2 Å². The van der Waals surface area contributed by atoms with Crippen LogP contribution in [-0.2, 0) is 14.3 Å². The van der Waals surface area contributed by atoms with Crippen LogP contribution in [0.1, 0.15) is 50.0 Å². The maximum atomic E-state index is 13.8. The molecule has 0 unspecified atom stereocenters. The molecule has 0 aromatic heterocycles. The molecule has 0 N–H and O–H groups in total. The van der Waals surface area contributed by atoms with Crippen LogP contribution >= 0.6 is 15.9 Å². The maximum Gasteiger partial charge on any atom is 0.332 e. The number of halogens is 5. The summed E-state index contributed by atoms with van der Waals surface area (Å²) in [5.74, 6) is -2.42. The summed E-state index contributed by atoms with van der Waals surface area (Å²) in [6, 6.07) is 1.66. The summed E-state index contributed by atoms with van der Waals surface area (Å²) in [7, 11) is 0. The zero-order chi connectivity index (χ0) is 17.0. The van der Waals surface area contributed by atoms with Crippen LogP contribution in [0.25, 0.3) is 0 Å². The number of rotatable bonds is 6. The molecule has 0 atom stereocenters. The van der Waals surface area contributed by atoms with Crippen molar-refractivity contribution in [1.29, 1.82) is 0 Å². The Labute approximate surface area is 141 Å². The molecule has 0 saturated carbocycles. The van der Waals surface area contributed by atoms with Crippen LogP contribution in [0, 0.1) is 17.6 Å². The van der Waals surface area contributed by atoms with Gasteiger partial charge in [0.15, 0.2) is 6.29 Å². The minimum Gasteiger partial charge on any atom is -0.348 e. The van der Waals surface area contributed by atoms with Gasteiger partial charge in [0.05, 0.1) is 13.2 Å². The molecule has 1 aromatic carbocycles. The molecule has 0 radical (unpaired) electrons. The molecule has 130 valence electrons. The van der Waals surface area contributed by atoms with Crippen molar-refractivity contribution in [3.05, 3.63) is 34.9 Å². The highest BCUT2D eigenvalue weighted by molar-refractivity contribution is 9.09. The van der Waals surface area contributed by atoms with Crippen LogP contribution in [0.4, 0.5) is 17.6 Å². The van der Waals surface area contributed by atoms with Gasteiger partial charge in [0, 0.05) is 11.5 Å². The number of alkyl halides is 3. The van der Waals surface area contributed by atoms with Crippen LogP contribution in [0.2, 0.25) is 0 Å². The predicted octanol–water partition coefficient (Wildman–Crippen LogP) is 5.65. The molecule has 1 heterocycles. The predicted molar refractivity (Wildman–Crippen MR) is 81.5 cm³/mol. The summed E-state index contributed by atoms with van der Waals surface area (Å²) in [6.07, 6.45) is 3.38. The van der Waals surface area contributed by atoms with E-state index >= 15 is 0 Å². The fourth-order valence-electron chi connectivity index (χ4n) is 2.58. The number of ether oxygens (including phenoxy) is 2. The maximum absolute atomic E-state index is 13.8. The second-order valence-electron chi connectivity index (χ2n) is 5.72. The summed E-state index contributed by atoms with van der Waals surface area (Å²) >= 11 is 1.97. The third kappa shape index (κ3) is 4.90. The lowest BCUT2D eigenvalue weighted by molar-refractivity contribution is -0.206. The smallest absolute Gasteiger partial charge is 0.332 e. The van der Waals surface area contributed by atoms with E-state index in [1.165, 1.54) is 0 Å². The standard InChI is InChI=1S/C16H19BrF4O2/c1-2-3-4-5-10-8-22-15(23-9-10)11-6-12(18)14(13(19)7-11)16(17,20)21/h6-7,10,15H,2-5,8-9H2,1H3. The number of benzene rings is 1. The lowest BCUT2D eigenvalue weighted by Crippen LogP contribution is -2.27. The summed E-state index contributed by atoms with van der Waals surface area (Å²) in [5, 5.41) is 0. The van der Waals surface area contributed by atoms with E-state index in [1.807, 2.05) is 15.9 Å². The lowest BCUT2D eigenvalue weighted by Gasteiger charge is -2.30. The highest BCUT2D eigenvalue weighted by Crippen LogP contribution is 2.39. The molecule has 1 fully saturated rings. The average molecular weight is 399 g/mol. The first kappa shape index (κ1) is 18.7. The van der Waals surface area contributed by atoms with Gasteiger partial charge < -0.3 is 9.47 Å². The van der Waals surface area contributed by atoms with Crippen LogP contribution in [0.15, 0.2) is 12.1 Å². The van der Waals surface area contributed by atoms with Crippen molar-refractivity contribution in [3.8, 4) is 0 Å². The van der Waals surface area contributed by atoms with E-state index in [9.17, 15) is 17.6 Å². The first-order valence-electron chi connectivity index (χ1n) is 7.62. The molecular formula is C16H19BrF4O2. The van der Waals surface area contributed by atoms with E-state index in [0.717, 1.165) is 37.8 Å². The molecule has 1 aromatic rings. The van der Waals surface area contributed by atoms with Gasteiger partial charge in [-0.2, -0.15) is 8.78 Å².